The molecule has 5 nitrogen and oxygen atoms in total. The molecule has 0 saturated carbocycles. The molecule has 1 aliphatic rings. The summed E-state index contributed by atoms with van der Waals surface area (Å²) in [5.74, 6) is -0.0354. The Morgan fingerprint density at radius 3 is 2.50 bits per heavy atom. The van der Waals surface area contributed by atoms with Crippen molar-refractivity contribution in [2.45, 2.75) is 6.42 Å². The van der Waals surface area contributed by atoms with Gasteiger partial charge in [0.25, 0.3) is 5.91 Å². The van der Waals surface area contributed by atoms with Gasteiger partial charge < -0.3 is 4.74 Å². The van der Waals surface area contributed by atoms with E-state index in [1.165, 1.54) is 11.3 Å². The van der Waals surface area contributed by atoms with E-state index in [-0.39, 0.29) is 5.91 Å². The van der Waals surface area contributed by atoms with Crippen LogP contribution >= 0.6 is 22.9 Å². The van der Waals surface area contributed by atoms with E-state index in [4.69, 9.17) is 21.3 Å². The van der Waals surface area contributed by atoms with Gasteiger partial charge in [-0.05, 0) is 47.9 Å². The van der Waals surface area contributed by atoms with Crippen molar-refractivity contribution in [3.8, 4) is 11.1 Å². The van der Waals surface area contributed by atoms with Gasteiger partial charge in [-0.25, -0.2) is 4.98 Å². The summed E-state index contributed by atoms with van der Waals surface area (Å²) in [5, 5.41) is 1.38. The average Bonchev–Trinajstić information content (AvgIpc) is 3.30. The van der Waals surface area contributed by atoms with Gasteiger partial charge in [-0.1, -0.05) is 65.4 Å². The van der Waals surface area contributed by atoms with Crippen LogP contribution in [-0.2, 0) is 4.74 Å². The van der Waals surface area contributed by atoms with Crippen LogP contribution in [0.15, 0.2) is 72.8 Å². The van der Waals surface area contributed by atoms with Gasteiger partial charge in [0, 0.05) is 36.8 Å². The Kier molecular flexibility index (Phi) is 7.21. The molecule has 3 aromatic carbocycles. The van der Waals surface area contributed by atoms with Gasteiger partial charge in [-0.15, -0.1) is 0 Å². The van der Waals surface area contributed by atoms with Crippen molar-refractivity contribution in [3.05, 3.63) is 83.4 Å². The molecule has 1 amide bonds. The number of hydrogen-bond donors (Lipinski definition) is 0. The summed E-state index contributed by atoms with van der Waals surface area (Å²) in [6, 6.07) is 23.6. The first kappa shape index (κ1) is 23.0. The largest absolute Gasteiger partial charge is 0.379 e. The molecule has 0 N–H and O–H groups in total. The number of anilines is 1. The van der Waals surface area contributed by atoms with Crippen molar-refractivity contribution in [3.63, 3.8) is 0 Å². The fourth-order valence-electron chi connectivity index (χ4n) is 4.15. The second kappa shape index (κ2) is 10.7. The summed E-state index contributed by atoms with van der Waals surface area (Å²) in [4.78, 5) is 22.6. The predicted octanol–water partition coefficient (Wildman–Crippen LogP) is 5.99. The predicted molar refractivity (Wildman–Crippen MR) is 140 cm³/mol. The molecule has 0 unspecified atom stereocenters. The maximum atomic E-state index is 13.7. The first-order chi connectivity index (χ1) is 16.7. The molecule has 1 fully saturated rings. The van der Waals surface area contributed by atoms with Crippen LogP contribution in [0, 0.1) is 0 Å². The van der Waals surface area contributed by atoms with E-state index in [1.807, 2.05) is 65.6 Å². The topological polar surface area (TPSA) is 45.7 Å². The smallest absolute Gasteiger partial charge is 0.260 e. The zero-order valence-electron chi connectivity index (χ0n) is 18.8. The molecule has 2 heterocycles. The second-order valence-electron chi connectivity index (χ2n) is 8.32. The van der Waals surface area contributed by atoms with Crippen LogP contribution < -0.4 is 4.90 Å². The molecule has 34 heavy (non-hydrogen) atoms. The third-order valence-electron chi connectivity index (χ3n) is 6.01. The normalized spacial score (nSPS) is 14.4. The second-order valence-corrected chi connectivity index (χ2v) is 9.76. The van der Waals surface area contributed by atoms with E-state index in [2.05, 4.69) is 17.0 Å². The number of aromatic nitrogens is 1. The van der Waals surface area contributed by atoms with Crippen molar-refractivity contribution < 1.29 is 9.53 Å². The highest BCUT2D eigenvalue weighted by molar-refractivity contribution is 7.22. The molecule has 1 saturated heterocycles. The Hall–Kier alpha value is -2.77. The summed E-state index contributed by atoms with van der Waals surface area (Å²) in [7, 11) is 0. The SMILES string of the molecule is O=C(c1ccc(-c2ccccc2)cc1)N(CCCN1CCOCC1)c1nc2ccc(Cl)cc2s1. The highest BCUT2D eigenvalue weighted by Crippen LogP contribution is 2.32. The Bertz CT molecular complexity index is 1250. The van der Waals surface area contributed by atoms with Crippen molar-refractivity contribution in [1.82, 2.24) is 9.88 Å². The molecule has 1 aliphatic heterocycles. The number of fused-ring (bicyclic) bond motifs is 1. The Balaban J connectivity index is 1.38. The lowest BCUT2D eigenvalue weighted by Crippen LogP contribution is -2.39. The van der Waals surface area contributed by atoms with Gasteiger partial charge >= 0.3 is 0 Å². The zero-order valence-corrected chi connectivity index (χ0v) is 20.4. The Morgan fingerprint density at radius 2 is 1.74 bits per heavy atom. The molecular weight excluding hydrogens is 466 g/mol. The number of benzene rings is 3. The fourth-order valence-corrected chi connectivity index (χ4v) is 5.42. The number of carbonyl (C=O) groups is 1. The molecule has 5 rings (SSSR count). The third kappa shape index (κ3) is 5.31. The molecule has 1 aromatic heterocycles. The van der Waals surface area contributed by atoms with Gasteiger partial charge in [-0.3, -0.25) is 14.6 Å². The summed E-state index contributed by atoms with van der Waals surface area (Å²) in [6.45, 7) is 4.95. The molecule has 0 spiro atoms. The van der Waals surface area contributed by atoms with Crippen molar-refractivity contribution >= 4 is 44.2 Å². The minimum absolute atomic E-state index is 0.0354. The number of nitrogens with zero attached hydrogens (tertiary/aromatic N) is 3. The number of amides is 1. The molecule has 174 valence electrons. The molecule has 0 radical (unpaired) electrons. The first-order valence-electron chi connectivity index (χ1n) is 11.5. The molecule has 0 aliphatic carbocycles. The molecular formula is C27H26ClN3O2S. The summed E-state index contributed by atoms with van der Waals surface area (Å²) in [6.07, 6.45) is 0.866. The van der Waals surface area contributed by atoms with Crippen LogP contribution in [0.25, 0.3) is 21.3 Å². The van der Waals surface area contributed by atoms with E-state index in [0.29, 0.717) is 22.3 Å². The van der Waals surface area contributed by atoms with E-state index in [0.717, 1.165) is 60.6 Å². The lowest BCUT2D eigenvalue weighted by molar-refractivity contribution is 0.0376. The Morgan fingerprint density at radius 1 is 1.00 bits per heavy atom. The summed E-state index contributed by atoms with van der Waals surface area (Å²) < 4.78 is 6.43. The lowest BCUT2D eigenvalue weighted by Gasteiger charge is -2.27. The molecule has 4 aromatic rings. The van der Waals surface area contributed by atoms with Crippen molar-refractivity contribution in [2.75, 3.05) is 44.3 Å². The number of hydrogen-bond acceptors (Lipinski definition) is 5. The van der Waals surface area contributed by atoms with Gasteiger partial charge in [0.05, 0.1) is 23.4 Å². The van der Waals surface area contributed by atoms with Gasteiger partial charge in [-0.2, -0.15) is 0 Å². The zero-order chi connectivity index (χ0) is 23.3. The van der Waals surface area contributed by atoms with Crippen LogP contribution in [0.4, 0.5) is 5.13 Å². The van der Waals surface area contributed by atoms with E-state index in [1.54, 1.807) is 0 Å². The monoisotopic (exact) mass is 491 g/mol. The summed E-state index contributed by atoms with van der Waals surface area (Å²) in [5.41, 5.74) is 3.73. The molecule has 0 atom stereocenters. The fraction of sp³-hybridized carbons (Fsp3) is 0.259. The number of morpholine rings is 1. The molecule has 0 bridgehead atoms. The maximum Gasteiger partial charge on any atom is 0.260 e. The van der Waals surface area contributed by atoms with Crippen LogP contribution in [0.3, 0.4) is 0 Å². The number of carbonyl (C=O) groups excluding carboxylic acids is 1. The Labute approximate surface area is 208 Å². The highest BCUT2D eigenvalue weighted by atomic mass is 35.5. The van der Waals surface area contributed by atoms with Crippen molar-refractivity contribution in [2.24, 2.45) is 0 Å². The van der Waals surface area contributed by atoms with Crippen LogP contribution in [-0.4, -0.2) is 55.2 Å². The lowest BCUT2D eigenvalue weighted by atomic mass is 10.0. The van der Waals surface area contributed by atoms with Crippen LogP contribution in [0.5, 0.6) is 0 Å². The van der Waals surface area contributed by atoms with Gasteiger partial charge in [0.1, 0.15) is 0 Å². The van der Waals surface area contributed by atoms with E-state index < -0.39 is 0 Å². The number of thiazole rings is 1. The van der Waals surface area contributed by atoms with Gasteiger partial charge in [0.2, 0.25) is 0 Å². The van der Waals surface area contributed by atoms with E-state index in [9.17, 15) is 4.79 Å². The molecule has 7 heteroatoms. The minimum Gasteiger partial charge on any atom is -0.379 e. The van der Waals surface area contributed by atoms with Crippen LogP contribution in [0.2, 0.25) is 5.02 Å². The highest BCUT2D eigenvalue weighted by Gasteiger charge is 2.22. The van der Waals surface area contributed by atoms with Crippen LogP contribution in [0.1, 0.15) is 16.8 Å². The number of rotatable bonds is 7. The van der Waals surface area contributed by atoms with Crippen molar-refractivity contribution in [1.29, 1.82) is 0 Å². The quantitative estimate of drug-likeness (QED) is 0.319. The minimum atomic E-state index is -0.0354. The van der Waals surface area contributed by atoms with E-state index >= 15 is 0 Å². The average molecular weight is 492 g/mol. The number of halogens is 1. The van der Waals surface area contributed by atoms with Gasteiger partial charge in [0.15, 0.2) is 5.13 Å². The first-order valence-corrected chi connectivity index (χ1v) is 12.7. The third-order valence-corrected chi connectivity index (χ3v) is 7.29. The summed E-state index contributed by atoms with van der Waals surface area (Å²) >= 11 is 7.69. The standard InChI is InChI=1S/C27H26ClN3O2S/c28-23-11-12-24-25(19-23)34-27(29-24)31(14-4-13-30-15-17-33-18-16-30)26(32)22-9-7-21(8-10-22)20-5-2-1-3-6-20/h1-3,5-12,19H,4,13-18H2. The maximum absolute atomic E-state index is 13.7. The number of ether oxygens (including phenoxy) is 1.